The lowest BCUT2D eigenvalue weighted by atomic mass is 9.84. The molecule has 1 aromatic carbocycles. The van der Waals surface area contributed by atoms with Crippen LogP contribution < -0.4 is 0 Å². The van der Waals surface area contributed by atoms with Crippen LogP contribution in [0.3, 0.4) is 0 Å². The Bertz CT molecular complexity index is 783. The standard InChI is InChI=1S/C20H26BFN2O2/c1-15(18(22)21-25-19(2,3)20(4,5)26-21)17-13-23-24(14-17)12-11-16-9-7-6-8-10-16/h6-10,13-14H,11-12H2,1-5H3. The maximum absolute atomic E-state index is 14.9. The molecule has 3 rings (SSSR count). The first kappa shape index (κ1) is 18.9. The Kier molecular flexibility index (Phi) is 5.08. The van der Waals surface area contributed by atoms with Crippen LogP contribution in [0.2, 0.25) is 0 Å². The van der Waals surface area contributed by atoms with Gasteiger partial charge in [0.15, 0.2) is 0 Å². The lowest BCUT2D eigenvalue weighted by Gasteiger charge is -2.32. The lowest BCUT2D eigenvalue weighted by Crippen LogP contribution is -2.41. The molecule has 4 nitrogen and oxygen atoms in total. The van der Waals surface area contributed by atoms with Crippen molar-refractivity contribution in [3.8, 4) is 0 Å². The Balaban J connectivity index is 1.71. The first-order valence-electron chi connectivity index (χ1n) is 8.98. The molecular formula is C20H26BFN2O2. The van der Waals surface area contributed by atoms with E-state index in [-0.39, 0.29) is 0 Å². The summed E-state index contributed by atoms with van der Waals surface area (Å²) in [6, 6.07) is 10.2. The fourth-order valence-electron chi connectivity index (χ4n) is 2.83. The Morgan fingerprint density at radius 3 is 2.35 bits per heavy atom. The molecule has 1 aliphatic heterocycles. The molecule has 1 fully saturated rings. The predicted molar refractivity (Wildman–Crippen MR) is 102 cm³/mol. The molecule has 26 heavy (non-hydrogen) atoms. The van der Waals surface area contributed by atoms with Gasteiger partial charge in [0.2, 0.25) is 0 Å². The van der Waals surface area contributed by atoms with E-state index in [1.807, 2.05) is 56.8 Å². The highest BCUT2D eigenvalue weighted by Crippen LogP contribution is 2.40. The van der Waals surface area contributed by atoms with Crippen LogP contribution >= 0.6 is 0 Å². The number of benzene rings is 1. The van der Waals surface area contributed by atoms with Crippen molar-refractivity contribution < 1.29 is 13.7 Å². The van der Waals surface area contributed by atoms with Crippen molar-refractivity contribution in [2.24, 2.45) is 0 Å². The van der Waals surface area contributed by atoms with E-state index in [9.17, 15) is 4.39 Å². The summed E-state index contributed by atoms with van der Waals surface area (Å²) in [4.78, 5) is 0. The molecule has 138 valence electrons. The van der Waals surface area contributed by atoms with Gasteiger partial charge in [0.05, 0.1) is 17.4 Å². The summed E-state index contributed by atoms with van der Waals surface area (Å²) in [5.74, 6) is 0. The van der Waals surface area contributed by atoms with Crippen molar-refractivity contribution in [2.45, 2.75) is 58.8 Å². The third-order valence-electron chi connectivity index (χ3n) is 5.36. The Hall–Kier alpha value is -1.92. The lowest BCUT2D eigenvalue weighted by molar-refractivity contribution is 0.00578. The maximum Gasteiger partial charge on any atom is 0.525 e. The van der Waals surface area contributed by atoms with Gasteiger partial charge in [0, 0.05) is 18.3 Å². The van der Waals surface area contributed by atoms with Crippen molar-refractivity contribution in [2.75, 3.05) is 0 Å². The van der Waals surface area contributed by atoms with Gasteiger partial charge in [-0.25, -0.2) is 4.39 Å². The van der Waals surface area contributed by atoms with E-state index < -0.39 is 24.0 Å². The normalized spacial score (nSPS) is 19.5. The Morgan fingerprint density at radius 2 is 1.73 bits per heavy atom. The highest BCUT2D eigenvalue weighted by atomic mass is 19.1. The van der Waals surface area contributed by atoms with Crippen LogP contribution in [0.15, 0.2) is 48.5 Å². The highest BCUT2D eigenvalue weighted by molar-refractivity contribution is 6.55. The molecule has 0 N–H and O–H groups in total. The van der Waals surface area contributed by atoms with Crippen LogP contribution in [-0.2, 0) is 22.3 Å². The van der Waals surface area contributed by atoms with Gasteiger partial charge in [-0.3, -0.25) is 4.68 Å². The van der Waals surface area contributed by atoms with E-state index in [1.54, 1.807) is 13.1 Å². The van der Waals surface area contributed by atoms with E-state index in [4.69, 9.17) is 9.31 Å². The zero-order valence-corrected chi connectivity index (χ0v) is 16.1. The summed E-state index contributed by atoms with van der Waals surface area (Å²) < 4.78 is 28.4. The van der Waals surface area contributed by atoms with Crippen molar-refractivity contribution in [3.05, 3.63) is 59.6 Å². The number of rotatable bonds is 5. The van der Waals surface area contributed by atoms with Crippen LogP contribution in [-0.4, -0.2) is 28.1 Å². The first-order valence-corrected chi connectivity index (χ1v) is 8.98. The highest BCUT2D eigenvalue weighted by Gasteiger charge is 2.53. The molecule has 0 bridgehead atoms. The number of allylic oxidation sites excluding steroid dienone is 1. The van der Waals surface area contributed by atoms with Gasteiger partial charge in [-0.15, -0.1) is 0 Å². The molecule has 0 aliphatic carbocycles. The van der Waals surface area contributed by atoms with E-state index in [1.165, 1.54) is 5.56 Å². The summed E-state index contributed by atoms with van der Waals surface area (Å²) in [5.41, 5.74) is 0.968. The largest absolute Gasteiger partial charge is 0.525 e. The number of nitrogens with zero attached hydrogens (tertiary/aromatic N) is 2. The van der Waals surface area contributed by atoms with Gasteiger partial charge in [-0.1, -0.05) is 30.3 Å². The minimum absolute atomic E-state index is 0.397. The molecule has 0 unspecified atom stereocenters. The second-order valence-electron chi connectivity index (χ2n) is 7.79. The van der Waals surface area contributed by atoms with Crippen LogP contribution in [0, 0.1) is 0 Å². The first-order chi connectivity index (χ1) is 12.2. The zero-order valence-electron chi connectivity index (χ0n) is 16.1. The predicted octanol–water partition coefficient (Wildman–Crippen LogP) is 4.46. The topological polar surface area (TPSA) is 36.3 Å². The summed E-state index contributed by atoms with van der Waals surface area (Å²) in [6.45, 7) is 10.1. The molecule has 0 saturated carbocycles. The quantitative estimate of drug-likeness (QED) is 0.743. The average Bonchev–Trinajstić information content (AvgIpc) is 3.15. The molecule has 0 amide bonds. The van der Waals surface area contributed by atoms with Crippen LogP contribution in [0.4, 0.5) is 4.39 Å². The van der Waals surface area contributed by atoms with Crippen LogP contribution in [0.25, 0.3) is 5.57 Å². The number of hydrogen-bond donors (Lipinski definition) is 0. The van der Waals surface area contributed by atoms with Crippen molar-refractivity contribution in [3.63, 3.8) is 0 Å². The molecule has 6 heteroatoms. The Morgan fingerprint density at radius 1 is 1.12 bits per heavy atom. The van der Waals surface area contributed by atoms with E-state index in [2.05, 4.69) is 17.2 Å². The van der Waals surface area contributed by atoms with Gasteiger partial charge in [-0.05, 0) is 52.2 Å². The third-order valence-corrected chi connectivity index (χ3v) is 5.36. The number of halogens is 1. The average molecular weight is 356 g/mol. The van der Waals surface area contributed by atoms with E-state index in [0.29, 0.717) is 5.57 Å². The smallest absolute Gasteiger partial charge is 0.398 e. The fraction of sp³-hybridized carbons (Fsp3) is 0.450. The molecule has 0 spiro atoms. The molecular weight excluding hydrogens is 330 g/mol. The molecule has 1 aliphatic rings. The fourth-order valence-corrected chi connectivity index (χ4v) is 2.83. The van der Waals surface area contributed by atoms with Gasteiger partial charge < -0.3 is 9.31 Å². The third kappa shape index (κ3) is 3.76. The zero-order chi connectivity index (χ0) is 18.9. The second-order valence-corrected chi connectivity index (χ2v) is 7.79. The van der Waals surface area contributed by atoms with Gasteiger partial charge in [0.25, 0.3) is 0 Å². The number of aromatic nitrogens is 2. The summed E-state index contributed by atoms with van der Waals surface area (Å²) in [7, 11) is -0.979. The molecule has 0 atom stereocenters. The van der Waals surface area contributed by atoms with Crippen molar-refractivity contribution in [1.82, 2.24) is 9.78 Å². The van der Waals surface area contributed by atoms with Crippen molar-refractivity contribution >= 4 is 12.7 Å². The molecule has 0 radical (unpaired) electrons. The number of aryl methyl sites for hydroxylation is 2. The second kappa shape index (κ2) is 7.01. The Labute approximate surface area is 155 Å². The minimum Gasteiger partial charge on any atom is -0.398 e. The van der Waals surface area contributed by atoms with Gasteiger partial charge in [-0.2, -0.15) is 5.10 Å². The summed E-state index contributed by atoms with van der Waals surface area (Å²) in [5, 5.41) is 4.35. The maximum atomic E-state index is 14.9. The van der Waals surface area contributed by atoms with Crippen LogP contribution in [0.5, 0.6) is 0 Å². The molecule has 2 aromatic rings. The van der Waals surface area contributed by atoms with E-state index >= 15 is 0 Å². The molecule has 2 heterocycles. The number of hydrogen-bond acceptors (Lipinski definition) is 3. The van der Waals surface area contributed by atoms with Crippen LogP contribution in [0.1, 0.15) is 45.7 Å². The van der Waals surface area contributed by atoms with Crippen molar-refractivity contribution in [1.29, 1.82) is 0 Å². The monoisotopic (exact) mass is 356 g/mol. The van der Waals surface area contributed by atoms with Gasteiger partial charge >= 0.3 is 7.12 Å². The summed E-state index contributed by atoms with van der Waals surface area (Å²) in [6.07, 6.45) is 4.43. The SMILES string of the molecule is CC(=C(F)B1OC(C)(C)C(C)(C)O1)c1cnn(CCc2ccccc2)c1. The van der Waals surface area contributed by atoms with Gasteiger partial charge in [0.1, 0.15) is 5.73 Å². The minimum atomic E-state index is -0.979. The molecule has 1 aromatic heterocycles. The van der Waals surface area contributed by atoms with E-state index in [0.717, 1.165) is 18.5 Å². The summed E-state index contributed by atoms with van der Waals surface area (Å²) >= 11 is 0. The molecule has 1 saturated heterocycles.